The van der Waals surface area contributed by atoms with E-state index in [2.05, 4.69) is 20.4 Å². The molecule has 15 nitrogen and oxygen atoms in total. The second-order valence-corrected chi connectivity index (χ2v) is 13.8. The lowest BCUT2D eigenvalue weighted by molar-refractivity contribution is -0.139. The van der Waals surface area contributed by atoms with Crippen molar-refractivity contribution in [3.8, 4) is 6.07 Å². The fourth-order valence-electron chi connectivity index (χ4n) is 4.99. The van der Waals surface area contributed by atoms with Crippen LogP contribution in [-0.4, -0.2) is 88.3 Å². The molecule has 1 saturated carbocycles. The molecular formula is C27H32N8O7S. The van der Waals surface area contributed by atoms with Crippen molar-refractivity contribution in [2.45, 2.75) is 55.7 Å². The molecule has 4 rings (SSSR count). The van der Waals surface area contributed by atoms with Crippen molar-refractivity contribution in [3.05, 3.63) is 62.8 Å². The first-order chi connectivity index (χ1) is 20.4. The summed E-state index contributed by atoms with van der Waals surface area (Å²) in [6.07, 6.45) is 0.713. The van der Waals surface area contributed by atoms with Crippen LogP contribution in [-0.2, 0) is 38.9 Å². The van der Waals surface area contributed by atoms with Crippen molar-refractivity contribution < 1.29 is 32.6 Å². The predicted molar refractivity (Wildman–Crippen MR) is 152 cm³/mol. The van der Waals surface area contributed by atoms with E-state index < -0.39 is 37.1 Å². The van der Waals surface area contributed by atoms with Crippen molar-refractivity contribution in [2.75, 3.05) is 32.8 Å². The van der Waals surface area contributed by atoms with Gasteiger partial charge in [0, 0.05) is 36.7 Å². The number of hydrogen-bond donors (Lipinski definition) is 2. The van der Waals surface area contributed by atoms with Gasteiger partial charge >= 0.3 is 5.97 Å². The molecule has 1 aromatic carbocycles. The minimum Gasteiger partial charge on any atom is -0.480 e. The number of carboxylic acid groups (broad SMARTS) is 1. The Morgan fingerprint density at radius 1 is 1.28 bits per heavy atom. The fourth-order valence-corrected chi connectivity index (χ4v) is 7.27. The van der Waals surface area contributed by atoms with E-state index in [0.29, 0.717) is 11.1 Å². The lowest BCUT2D eigenvalue weighted by Gasteiger charge is -2.33. The number of nitrogens with zero attached hydrogens (tertiary/aromatic N) is 7. The number of carbonyl (C=O) groups is 3. The highest BCUT2D eigenvalue weighted by Crippen LogP contribution is 2.49. The van der Waals surface area contributed by atoms with Crippen molar-refractivity contribution >= 4 is 27.6 Å². The van der Waals surface area contributed by atoms with Crippen LogP contribution in [0.1, 0.15) is 64.4 Å². The summed E-state index contributed by atoms with van der Waals surface area (Å²) in [4.78, 5) is 42.9. The van der Waals surface area contributed by atoms with Crippen LogP contribution in [0.3, 0.4) is 0 Å². The molecule has 228 valence electrons. The summed E-state index contributed by atoms with van der Waals surface area (Å²) in [7, 11) is -4.16. The normalized spacial score (nSPS) is 15.7. The Labute approximate surface area is 248 Å². The van der Waals surface area contributed by atoms with Gasteiger partial charge in [-0.15, -0.1) is 0 Å². The number of nitriles is 1. The van der Waals surface area contributed by atoms with Gasteiger partial charge in [-0.3, -0.25) is 19.1 Å². The smallest absolute Gasteiger partial charge is 0.324 e. The zero-order valence-corrected chi connectivity index (χ0v) is 24.6. The maximum atomic E-state index is 13.8. The zero-order chi connectivity index (χ0) is 31.4. The fraction of sp³-hybridized carbons (Fsp3) is 0.519. The number of aliphatic carboxylic acids is 1. The number of sulfone groups is 1. The van der Waals surface area contributed by atoms with Gasteiger partial charge in [0.2, 0.25) is 0 Å². The largest absolute Gasteiger partial charge is 0.480 e. The number of carbonyl (C=O) groups excluding carboxylic acids is 2. The van der Waals surface area contributed by atoms with E-state index in [1.54, 1.807) is 24.3 Å². The number of aromatic nitrogens is 2. The van der Waals surface area contributed by atoms with Gasteiger partial charge in [0.05, 0.1) is 36.1 Å². The molecule has 0 spiro atoms. The number of carboxylic acids is 1. The Bertz CT molecular complexity index is 1620. The molecule has 2 heterocycles. The lowest BCUT2D eigenvalue weighted by Crippen LogP contribution is -2.53. The molecular weight excluding hydrogens is 580 g/mol. The maximum absolute atomic E-state index is 13.8. The number of rotatable bonds is 14. The van der Waals surface area contributed by atoms with Gasteiger partial charge in [-0.1, -0.05) is 17.2 Å². The highest BCUT2D eigenvalue weighted by atomic mass is 32.2. The van der Waals surface area contributed by atoms with E-state index in [1.807, 2.05) is 6.07 Å². The van der Waals surface area contributed by atoms with Gasteiger partial charge < -0.3 is 20.1 Å². The molecule has 0 atom stereocenters. The quantitative estimate of drug-likeness (QED) is 0.137. The number of nitrogens with one attached hydrogen (secondary N) is 1. The maximum Gasteiger partial charge on any atom is 0.324 e. The first-order valence-corrected chi connectivity index (χ1v) is 15.1. The van der Waals surface area contributed by atoms with E-state index >= 15 is 0 Å². The van der Waals surface area contributed by atoms with Crippen molar-refractivity contribution in [1.82, 2.24) is 20.0 Å². The summed E-state index contributed by atoms with van der Waals surface area (Å²) in [5.41, 5.74) is 10.3. The van der Waals surface area contributed by atoms with Gasteiger partial charge in [0.1, 0.15) is 5.69 Å². The number of amides is 2. The van der Waals surface area contributed by atoms with Crippen molar-refractivity contribution in [3.63, 3.8) is 0 Å². The van der Waals surface area contributed by atoms with E-state index in [1.165, 1.54) is 9.58 Å². The lowest BCUT2D eigenvalue weighted by atomic mass is 10.0. The summed E-state index contributed by atoms with van der Waals surface area (Å²) in [6, 6.07) is 8.74. The topological polar surface area (TPSA) is 220 Å². The molecule has 1 aromatic heterocycles. The van der Waals surface area contributed by atoms with Crippen LogP contribution in [0.2, 0.25) is 0 Å². The SMILES string of the molecule is CC(C)(C(=O)O)S(=O)(=O)C1(CN2CCc3c(C(=O)NCc4ccc(C#N)cc4)nn(CCOCCN=[N+]=[N-])c3C2=O)CC1. The molecule has 2 amide bonds. The molecule has 2 aliphatic rings. The molecule has 1 fully saturated rings. The summed E-state index contributed by atoms with van der Waals surface area (Å²) >= 11 is 0. The van der Waals surface area contributed by atoms with Crippen LogP contribution >= 0.6 is 0 Å². The van der Waals surface area contributed by atoms with Crippen LogP contribution < -0.4 is 5.32 Å². The van der Waals surface area contributed by atoms with Gasteiger partial charge in [0.15, 0.2) is 20.3 Å². The Morgan fingerprint density at radius 3 is 2.58 bits per heavy atom. The van der Waals surface area contributed by atoms with Crippen molar-refractivity contribution in [2.24, 2.45) is 5.11 Å². The van der Waals surface area contributed by atoms with E-state index in [0.717, 1.165) is 19.4 Å². The van der Waals surface area contributed by atoms with Crippen LogP contribution in [0.15, 0.2) is 29.4 Å². The zero-order valence-electron chi connectivity index (χ0n) is 23.8. The number of azide groups is 1. The summed E-state index contributed by atoms with van der Waals surface area (Å²) < 4.78 is 30.2. The van der Waals surface area contributed by atoms with Gasteiger partial charge in [-0.2, -0.15) is 10.4 Å². The third-order valence-electron chi connectivity index (χ3n) is 7.81. The molecule has 0 saturated heterocycles. The Hall–Kier alpha value is -4.45. The van der Waals surface area contributed by atoms with Crippen LogP contribution in [0.5, 0.6) is 0 Å². The minimum absolute atomic E-state index is 0.0616. The summed E-state index contributed by atoms with van der Waals surface area (Å²) in [6.45, 7) is 2.88. The molecule has 2 N–H and O–H groups in total. The van der Waals surface area contributed by atoms with E-state index in [-0.39, 0.29) is 76.6 Å². The monoisotopic (exact) mass is 612 g/mol. The molecule has 1 aliphatic heterocycles. The molecule has 2 aromatic rings. The first-order valence-electron chi connectivity index (χ1n) is 13.6. The van der Waals surface area contributed by atoms with Gasteiger partial charge in [-0.25, -0.2) is 8.42 Å². The molecule has 16 heteroatoms. The average Bonchev–Trinajstić information content (AvgIpc) is 3.69. The predicted octanol–water partition coefficient (Wildman–Crippen LogP) is 1.82. The van der Waals surface area contributed by atoms with E-state index in [9.17, 15) is 27.9 Å². The third-order valence-corrected chi connectivity index (χ3v) is 11.0. The minimum atomic E-state index is -4.16. The second kappa shape index (κ2) is 12.4. The van der Waals surface area contributed by atoms with Gasteiger partial charge in [-0.05, 0) is 56.3 Å². The highest BCUT2D eigenvalue weighted by molar-refractivity contribution is 7.95. The highest BCUT2D eigenvalue weighted by Gasteiger charge is 2.63. The Balaban J connectivity index is 1.57. The molecule has 1 aliphatic carbocycles. The van der Waals surface area contributed by atoms with Crippen LogP contribution in [0.4, 0.5) is 0 Å². The van der Waals surface area contributed by atoms with Gasteiger partial charge in [0.25, 0.3) is 11.8 Å². The Kier molecular flexibility index (Phi) is 9.09. The second-order valence-electron chi connectivity index (χ2n) is 10.9. The van der Waals surface area contributed by atoms with Crippen molar-refractivity contribution in [1.29, 1.82) is 5.26 Å². The first kappa shape index (κ1) is 31.5. The molecule has 0 bridgehead atoms. The summed E-state index contributed by atoms with van der Waals surface area (Å²) in [5.74, 6) is -2.47. The Morgan fingerprint density at radius 2 is 1.98 bits per heavy atom. The number of fused-ring (bicyclic) bond motifs is 1. The average molecular weight is 613 g/mol. The van der Waals surface area contributed by atoms with E-state index in [4.69, 9.17) is 15.5 Å². The standard InChI is InChI=1S/C27H32N8O7S/c1-26(2,25(38)39)43(40,41)27(8-9-27)17-34-11-7-20-21(23(36)30-16-19-5-3-18(15-28)4-6-19)32-35(22(20)24(34)37)12-14-42-13-10-31-33-29/h3-6H,7-14,16-17H2,1-2H3,(H,30,36)(H,38,39). The van der Waals surface area contributed by atoms with Crippen LogP contribution in [0.25, 0.3) is 10.4 Å². The molecule has 0 radical (unpaired) electrons. The number of ether oxygens (including phenoxy) is 1. The third kappa shape index (κ3) is 6.19. The number of benzene rings is 1. The summed E-state index contributed by atoms with van der Waals surface area (Å²) in [5, 5.41) is 29.2. The van der Waals surface area contributed by atoms with Crippen LogP contribution in [0, 0.1) is 11.3 Å². The molecule has 43 heavy (non-hydrogen) atoms. The number of hydrogen-bond acceptors (Lipinski definition) is 9. The molecule has 0 unspecified atom stereocenters.